The maximum Gasteiger partial charge on any atom is 0.268 e. The molecule has 2 aromatic carbocycles. The molecule has 0 N–H and O–H groups in total. The summed E-state index contributed by atoms with van der Waals surface area (Å²) in [6.07, 6.45) is 3.08. The van der Waals surface area contributed by atoms with Crippen LogP contribution in [-0.2, 0) is 13.0 Å². The Balaban J connectivity index is 1.51. The number of amides is 1. The van der Waals surface area contributed by atoms with Crippen LogP contribution in [0.4, 0.5) is 5.69 Å². The smallest absolute Gasteiger partial charge is 0.268 e. The van der Waals surface area contributed by atoms with E-state index < -0.39 is 0 Å². The predicted molar refractivity (Wildman–Crippen MR) is 120 cm³/mol. The average Bonchev–Trinajstić information content (AvgIpc) is 3.38. The van der Waals surface area contributed by atoms with Gasteiger partial charge in [0.2, 0.25) is 0 Å². The zero-order chi connectivity index (χ0) is 19.8. The lowest BCUT2D eigenvalue weighted by atomic mass is 10.0. The number of carbonyl (C=O) groups is 1. The van der Waals surface area contributed by atoms with Gasteiger partial charge in [0.25, 0.3) is 5.91 Å². The van der Waals surface area contributed by atoms with Crippen molar-refractivity contribution in [1.82, 2.24) is 9.55 Å². The Hall–Kier alpha value is -2.92. The molecule has 146 valence electrons. The molecule has 0 saturated carbocycles. The van der Waals surface area contributed by atoms with Gasteiger partial charge in [-0.1, -0.05) is 37.3 Å². The van der Waals surface area contributed by atoms with Crippen molar-refractivity contribution >= 4 is 34.0 Å². The van der Waals surface area contributed by atoms with Crippen LogP contribution in [0.5, 0.6) is 0 Å². The van der Waals surface area contributed by atoms with E-state index >= 15 is 0 Å². The molecule has 1 aliphatic rings. The van der Waals surface area contributed by atoms with Crippen LogP contribution in [0.15, 0.2) is 60.7 Å². The number of benzene rings is 2. The summed E-state index contributed by atoms with van der Waals surface area (Å²) >= 11 is 1.54. The predicted octanol–water partition coefficient (Wildman–Crippen LogP) is 5.77. The highest BCUT2D eigenvalue weighted by Crippen LogP contribution is 2.34. The first-order valence-electron chi connectivity index (χ1n) is 10.2. The zero-order valence-corrected chi connectivity index (χ0v) is 17.3. The minimum atomic E-state index is 0.0894. The van der Waals surface area contributed by atoms with Crippen LogP contribution in [0.1, 0.15) is 35.0 Å². The van der Waals surface area contributed by atoms with Crippen LogP contribution >= 0.6 is 11.3 Å². The maximum absolute atomic E-state index is 13.3. The number of fused-ring (bicyclic) bond motifs is 2. The molecule has 0 unspecified atom stereocenters. The summed E-state index contributed by atoms with van der Waals surface area (Å²) in [4.78, 5) is 21.9. The standard InChI is InChI=1S/C24H23N3OS/c1-2-15-26-20-12-6-4-10-18(20)25-23(26)21-13-14-22(29-21)24(28)27-16-7-9-17-8-3-5-11-19(17)27/h3-6,8,10-14H,2,7,9,15-16H2,1H3. The molecule has 0 bridgehead atoms. The topological polar surface area (TPSA) is 38.1 Å². The van der Waals surface area contributed by atoms with Gasteiger partial charge in [0.05, 0.1) is 20.8 Å². The Morgan fingerprint density at radius 1 is 1.07 bits per heavy atom. The molecule has 0 saturated heterocycles. The molecule has 1 aliphatic heterocycles. The van der Waals surface area contributed by atoms with Crippen LogP contribution in [0.3, 0.4) is 0 Å². The number of hydrogen-bond acceptors (Lipinski definition) is 3. The molecule has 3 heterocycles. The summed E-state index contributed by atoms with van der Waals surface area (Å²) in [7, 11) is 0. The minimum absolute atomic E-state index is 0.0894. The Morgan fingerprint density at radius 3 is 2.79 bits per heavy atom. The number of rotatable bonds is 4. The molecule has 5 heteroatoms. The van der Waals surface area contributed by atoms with Crippen molar-refractivity contribution in [2.45, 2.75) is 32.7 Å². The third-order valence-corrected chi connectivity index (χ3v) is 6.56. The maximum atomic E-state index is 13.3. The van der Waals surface area contributed by atoms with Gasteiger partial charge in [-0.25, -0.2) is 4.98 Å². The van der Waals surface area contributed by atoms with Crippen molar-refractivity contribution in [2.75, 3.05) is 11.4 Å². The molecule has 5 rings (SSSR count). The lowest BCUT2D eigenvalue weighted by Gasteiger charge is -2.29. The van der Waals surface area contributed by atoms with E-state index in [-0.39, 0.29) is 5.91 Å². The first kappa shape index (κ1) is 18.1. The Labute approximate surface area is 174 Å². The third kappa shape index (κ3) is 3.15. The number of hydrogen-bond donors (Lipinski definition) is 0. The van der Waals surface area contributed by atoms with E-state index in [1.807, 2.05) is 35.2 Å². The Morgan fingerprint density at radius 2 is 1.90 bits per heavy atom. The number of anilines is 1. The summed E-state index contributed by atoms with van der Waals surface area (Å²) in [6, 6.07) is 20.5. The normalized spacial score (nSPS) is 13.6. The summed E-state index contributed by atoms with van der Waals surface area (Å²) in [5.41, 5.74) is 4.46. The Kier molecular flexibility index (Phi) is 4.68. The second-order valence-corrected chi connectivity index (χ2v) is 8.51. The van der Waals surface area contributed by atoms with Crippen molar-refractivity contribution in [3.8, 4) is 10.7 Å². The monoisotopic (exact) mass is 401 g/mol. The summed E-state index contributed by atoms with van der Waals surface area (Å²) in [5, 5.41) is 0. The van der Waals surface area contributed by atoms with E-state index in [4.69, 9.17) is 4.98 Å². The molecule has 1 amide bonds. The van der Waals surface area contributed by atoms with Gasteiger partial charge in [-0.3, -0.25) is 4.79 Å². The van der Waals surface area contributed by atoms with Gasteiger partial charge in [0.15, 0.2) is 5.82 Å². The number of nitrogens with zero attached hydrogens (tertiary/aromatic N) is 3. The molecule has 4 nitrogen and oxygen atoms in total. The largest absolute Gasteiger partial charge is 0.323 e. The molecule has 0 aliphatic carbocycles. The fourth-order valence-electron chi connectivity index (χ4n) is 4.16. The number of carbonyl (C=O) groups excluding carboxylic acids is 1. The highest BCUT2D eigenvalue weighted by molar-refractivity contribution is 7.17. The van der Waals surface area contributed by atoms with E-state index in [1.165, 1.54) is 5.56 Å². The molecule has 2 aromatic heterocycles. The molecule has 4 aromatic rings. The first-order valence-corrected chi connectivity index (χ1v) is 11.0. The molecule has 29 heavy (non-hydrogen) atoms. The van der Waals surface area contributed by atoms with Crippen molar-refractivity contribution in [3.05, 3.63) is 71.1 Å². The lowest BCUT2D eigenvalue weighted by molar-refractivity contribution is 0.0989. The van der Waals surface area contributed by atoms with Crippen LogP contribution in [0.2, 0.25) is 0 Å². The number of aryl methyl sites for hydroxylation is 2. The first-order chi connectivity index (χ1) is 14.3. The van der Waals surface area contributed by atoms with E-state index in [0.29, 0.717) is 0 Å². The van der Waals surface area contributed by atoms with Gasteiger partial charge < -0.3 is 9.47 Å². The van der Waals surface area contributed by atoms with Gasteiger partial charge >= 0.3 is 0 Å². The molecule has 0 spiro atoms. The number of para-hydroxylation sites is 3. The fourth-order valence-corrected chi connectivity index (χ4v) is 5.12. The Bertz CT molecular complexity index is 1190. The van der Waals surface area contributed by atoms with Crippen molar-refractivity contribution in [2.24, 2.45) is 0 Å². The molecule has 0 atom stereocenters. The van der Waals surface area contributed by atoms with E-state index in [1.54, 1.807) is 11.3 Å². The van der Waals surface area contributed by atoms with Gasteiger partial charge in [-0.2, -0.15) is 0 Å². The molecular formula is C24H23N3OS. The van der Waals surface area contributed by atoms with Crippen molar-refractivity contribution < 1.29 is 4.79 Å². The molecule has 0 radical (unpaired) electrons. The second-order valence-electron chi connectivity index (χ2n) is 7.43. The number of imidazole rings is 1. The molecular weight excluding hydrogens is 378 g/mol. The van der Waals surface area contributed by atoms with E-state index in [0.717, 1.165) is 64.7 Å². The third-order valence-electron chi connectivity index (χ3n) is 5.49. The van der Waals surface area contributed by atoms with Gasteiger partial charge in [-0.05, 0) is 55.2 Å². The lowest BCUT2D eigenvalue weighted by Crippen LogP contribution is -2.34. The number of aromatic nitrogens is 2. The second kappa shape index (κ2) is 7.48. The number of thiophene rings is 1. The quantitative estimate of drug-likeness (QED) is 0.435. The molecule has 0 fully saturated rings. The minimum Gasteiger partial charge on any atom is -0.323 e. The van der Waals surface area contributed by atoms with Gasteiger partial charge in [0, 0.05) is 18.8 Å². The van der Waals surface area contributed by atoms with Gasteiger partial charge in [-0.15, -0.1) is 11.3 Å². The van der Waals surface area contributed by atoms with Crippen LogP contribution < -0.4 is 4.90 Å². The highest BCUT2D eigenvalue weighted by Gasteiger charge is 2.25. The van der Waals surface area contributed by atoms with Crippen molar-refractivity contribution in [3.63, 3.8) is 0 Å². The van der Waals surface area contributed by atoms with E-state index in [9.17, 15) is 4.79 Å². The highest BCUT2D eigenvalue weighted by atomic mass is 32.1. The summed E-state index contributed by atoms with van der Waals surface area (Å²) in [5.74, 6) is 1.04. The fraction of sp³-hybridized carbons (Fsp3) is 0.250. The SMILES string of the molecule is CCCn1c(-c2ccc(C(=O)N3CCCc4ccccc43)s2)nc2ccccc21. The van der Waals surface area contributed by atoms with Gasteiger partial charge in [0.1, 0.15) is 0 Å². The van der Waals surface area contributed by atoms with Crippen LogP contribution in [-0.4, -0.2) is 22.0 Å². The van der Waals surface area contributed by atoms with E-state index in [2.05, 4.69) is 41.8 Å². The van der Waals surface area contributed by atoms with Crippen molar-refractivity contribution in [1.29, 1.82) is 0 Å². The average molecular weight is 402 g/mol. The summed E-state index contributed by atoms with van der Waals surface area (Å²) in [6.45, 7) is 3.86. The summed E-state index contributed by atoms with van der Waals surface area (Å²) < 4.78 is 2.27. The van der Waals surface area contributed by atoms with Crippen LogP contribution in [0.25, 0.3) is 21.7 Å². The van der Waals surface area contributed by atoms with Crippen LogP contribution in [0, 0.1) is 0 Å². The zero-order valence-electron chi connectivity index (χ0n) is 16.5.